The molecule has 160 valence electrons. The van der Waals surface area contributed by atoms with E-state index >= 15 is 0 Å². The molecular formula is C19H24F6O3. The molecule has 0 saturated carbocycles. The van der Waals surface area contributed by atoms with Crippen molar-refractivity contribution in [2.24, 2.45) is 0 Å². The predicted octanol–water partition coefficient (Wildman–Crippen LogP) is 6.65. The molecule has 0 heterocycles. The Morgan fingerprint density at radius 2 is 1.18 bits per heavy atom. The summed E-state index contributed by atoms with van der Waals surface area (Å²) in [5.41, 5.74) is -7.35. The molecule has 1 rings (SSSR count). The Kier molecular flexibility index (Phi) is 6.44. The van der Waals surface area contributed by atoms with E-state index in [1.165, 1.54) is 32.9 Å². The molecule has 0 aliphatic rings. The van der Waals surface area contributed by atoms with Gasteiger partial charge >= 0.3 is 24.1 Å². The first-order valence-electron chi connectivity index (χ1n) is 8.54. The monoisotopic (exact) mass is 414 g/mol. The number of benzene rings is 1. The first-order valence-corrected chi connectivity index (χ1v) is 8.54. The second-order valence-electron chi connectivity index (χ2n) is 8.06. The van der Waals surface area contributed by atoms with Gasteiger partial charge in [-0.1, -0.05) is 45.0 Å². The lowest BCUT2D eigenvalue weighted by atomic mass is 9.80. The van der Waals surface area contributed by atoms with Crippen molar-refractivity contribution in [2.45, 2.75) is 76.9 Å². The van der Waals surface area contributed by atoms with Gasteiger partial charge in [-0.2, -0.15) is 26.3 Å². The highest BCUT2D eigenvalue weighted by Gasteiger charge is 2.75. The lowest BCUT2D eigenvalue weighted by Gasteiger charge is -2.37. The van der Waals surface area contributed by atoms with Crippen molar-refractivity contribution in [1.29, 1.82) is 0 Å². The molecule has 1 aromatic rings. The van der Waals surface area contributed by atoms with E-state index < -0.39 is 40.7 Å². The quantitative estimate of drug-likeness (QED) is 0.409. The summed E-state index contributed by atoms with van der Waals surface area (Å²) in [4.78, 5) is 11.8. The van der Waals surface area contributed by atoms with Gasteiger partial charge in [-0.15, -0.1) is 0 Å². The highest BCUT2D eigenvalue weighted by molar-refractivity contribution is 5.62. The van der Waals surface area contributed by atoms with Crippen molar-refractivity contribution in [3.05, 3.63) is 35.4 Å². The van der Waals surface area contributed by atoms with Crippen LogP contribution in [0, 0.1) is 0 Å². The topological polar surface area (TPSA) is 35.5 Å². The van der Waals surface area contributed by atoms with Crippen LogP contribution in [0.3, 0.4) is 0 Å². The molecule has 0 saturated heterocycles. The van der Waals surface area contributed by atoms with Crippen molar-refractivity contribution >= 4 is 6.16 Å². The lowest BCUT2D eigenvalue weighted by molar-refractivity contribution is -0.377. The number of hydrogen-bond donors (Lipinski definition) is 0. The summed E-state index contributed by atoms with van der Waals surface area (Å²) in [5, 5.41) is 0. The molecule has 3 nitrogen and oxygen atoms in total. The molecule has 0 bridgehead atoms. The van der Waals surface area contributed by atoms with Crippen molar-refractivity contribution in [3.63, 3.8) is 0 Å². The number of rotatable bonds is 4. The van der Waals surface area contributed by atoms with Gasteiger partial charge in [0.25, 0.3) is 0 Å². The molecule has 28 heavy (non-hydrogen) atoms. The van der Waals surface area contributed by atoms with Crippen LogP contribution in [-0.2, 0) is 20.5 Å². The van der Waals surface area contributed by atoms with Gasteiger partial charge in [-0.25, -0.2) is 4.79 Å². The van der Waals surface area contributed by atoms with E-state index in [9.17, 15) is 31.1 Å². The molecule has 1 aromatic carbocycles. The molecule has 0 radical (unpaired) electrons. The van der Waals surface area contributed by atoms with Crippen LogP contribution in [0.4, 0.5) is 31.1 Å². The van der Waals surface area contributed by atoms with E-state index in [0.717, 1.165) is 0 Å². The number of alkyl halides is 6. The van der Waals surface area contributed by atoms with Crippen molar-refractivity contribution < 1.29 is 40.6 Å². The maximum atomic E-state index is 13.7. The normalized spacial score (nSPS) is 14.0. The van der Waals surface area contributed by atoms with Crippen LogP contribution in [0.2, 0.25) is 0 Å². The summed E-state index contributed by atoms with van der Waals surface area (Å²) < 4.78 is 90.7. The van der Waals surface area contributed by atoms with Crippen LogP contribution in [-0.4, -0.2) is 24.1 Å². The summed E-state index contributed by atoms with van der Waals surface area (Å²) in [7, 11) is 0. The Morgan fingerprint density at radius 1 is 0.786 bits per heavy atom. The first kappa shape index (κ1) is 24.1. The molecule has 0 spiro atoms. The fourth-order valence-corrected chi connectivity index (χ4v) is 2.42. The molecule has 0 N–H and O–H groups in total. The van der Waals surface area contributed by atoms with Crippen LogP contribution in [0.1, 0.15) is 59.1 Å². The molecule has 0 aromatic heterocycles. The Labute approximate surface area is 160 Å². The van der Waals surface area contributed by atoms with Crippen LogP contribution in [0.5, 0.6) is 0 Å². The maximum absolute atomic E-state index is 13.7. The smallest absolute Gasteiger partial charge is 0.429 e. The number of halogens is 6. The van der Waals surface area contributed by atoms with Gasteiger partial charge < -0.3 is 9.47 Å². The minimum atomic E-state index is -5.97. The van der Waals surface area contributed by atoms with E-state index in [1.54, 1.807) is 13.8 Å². The average molecular weight is 414 g/mol. The molecule has 0 amide bonds. The van der Waals surface area contributed by atoms with Gasteiger partial charge in [0.2, 0.25) is 0 Å². The van der Waals surface area contributed by atoms with Gasteiger partial charge in [0.15, 0.2) is 0 Å². The van der Waals surface area contributed by atoms with E-state index in [0.29, 0.717) is 24.1 Å². The fourth-order valence-electron chi connectivity index (χ4n) is 2.42. The third-order valence-electron chi connectivity index (χ3n) is 4.38. The summed E-state index contributed by atoms with van der Waals surface area (Å²) >= 11 is 0. The molecule has 0 aliphatic carbocycles. The summed E-state index contributed by atoms with van der Waals surface area (Å²) in [6, 6.07) is 3.70. The van der Waals surface area contributed by atoms with Crippen LogP contribution in [0.15, 0.2) is 24.3 Å². The van der Waals surface area contributed by atoms with E-state index in [-0.39, 0.29) is 0 Å². The standard InChI is InChI=1S/C19H24F6O3/c1-7-16(5,6)12-8-10-13(11-9-12)17(18(20,21)22,19(23,24)25)28-14(26)27-15(2,3)4/h8-11H,7H2,1-6H3. The van der Waals surface area contributed by atoms with E-state index in [2.05, 4.69) is 9.47 Å². The van der Waals surface area contributed by atoms with Crippen LogP contribution >= 0.6 is 0 Å². The number of carbonyl (C=O) groups is 1. The average Bonchev–Trinajstić information content (AvgIpc) is 2.48. The maximum Gasteiger partial charge on any atom is 0.510 e. The van der Waals surface area contributed by atoms with Crippen molar-refractivity contribution in [1.82, 2.24) is 0 Å². The molecule has 9 heteroatoms. The third kappa shape index (κ3) is 4.91. The zero-order valence-electron chi connectivity index (χ0n) is 16.5. The summed E-state index contributed by atoms with van der Waals surface area (Å²) in [6.07, 6.45) is -13.4. The highest BCUT2D eigenvalue weighted by Crippen LogP contribution is 2.53. The van der Waals surface area contributed by atoms with Crippen LogP contribution < -0.4 is 0 Å². The van der Waals surface area contributed by atoms with E-state index in [1.807, 2.05) is 6.92 Å². The zero-order valence-corrected chi connectivity index (χ0v) is 16.5. The minimum absolute atomic E-state index is 0.455. The van der Waals surface area contributed by atoms with Crippen LogP contribution in [0.25, 0.3) is 0 Å². The molecular weight excluding hydrogens is 390 g/mol. The Bertz CT molecular complexity index is 668. The number of hydrogen-bond acceptors (Lipinski definition) is 3. The second-order valence-corrected chi connectivity index (χ2v) is 8.06. The van der Waals surface area contributed by atoms with Crippen molar-refractivity contribution in [3.8, 4) is 0 Å². The van der Waals surface area contributed by atoms with Gasteiger partial charge in [0.05, 0.1) is 0 Å². The fraction of sp³-hybridized carbons (Fsp3) is 0.632. The largest absolute Gasteiger partial charge is 0.510 e. The predicted molar refractivity (Wildman–Crippen MR) is 90.9 cm³/mol. The lowest BCUT2D eigenvalue weighted by Crippen LogP contribution is -2.57. The molecule has 0 fully saturated rings. The van der Waals surface area contributed by atoms with E-state index in [4.69, 9.17) is 0 Å². The van der Waals surface area contributed by atoms with Gasteiger partial charge in [0.1, 0.15) is 5.60 Å². The number of ether oxygens (including phenoxy) is 2. The zero-order chi connectivity index (χ0) is 22.2. The third-order valence-corrected chi connectivity index (χ3v) is 4.38. The minimum Gasteiger partial charge on any atom is -0.429 e. The van der Waals surface area contributed by atoms with Crippen molar-refractivity contribution in [2.75, 3.05) is 0 Å². The highest BCUT2D eigenvalue weighted by atomic mass is 19.4. The molecule has 0 aliphatic heterocycles. The molecule has 0 unspecified atom stereocenters. The second kappa shape index (κ2) is 7.48. The first-order chi connectivity index (χ1) is 12.4. The summed E-state index contributed by atoms with van der Waals surface area (Å²) in [5.74, 6) is 0. The Morgan fingerprint density at radius 3 is 1.50 bits per heavy atom. The Balaban J connectivity index is 3.57. The molecule has 0 atom stereocenters. The SMILES string of the molecule is CCC(C)(C)c1ccc(C(OC(=O)OC(C)(C)C)(C(F)(F)F)C(F)(F)F)cc1. The van der Waals surface area contributed by atoms with Gasteiger partial charge in [-0.3, -0.25) is 0 Å². The number of carbonyl (C=O) groups excluding carboxylic acids is 1. The van der Waals surface area contributed by atoms with Gasteiger partial charge in [-0.05, 0) is 38.2 Å². The summed E-state index contributed by atoms with van der Waals surface area (Å²) in [6.45, 7) is 9.32. The Hall–Kier alpha value is -1.93. The van der Waals surface area contributed by atoms with Gasteiger partial charge in [0, 0.05) is 5.56 Å².